The molecule has 0 saturated carbocycles. The average molecular weight is 427 g/mol. The van der Waals surface area contributed by atoms with E-state index in [0.717, 1.165) is 55.9 Å². The lowest BCUT2D eigenvalue weighted by Crippen LogP contribution is -2.42. The number of fused-ring (bicyclic) bond motifs is 1. The van der Waals surface area contributed by atoms with Gasteiger partial charge < -0.3 is 9.42 Å². The highest BCUT2D eigenvalue weighted by atomic mass is 16.5. The van der Waals surface area contributed by atoms with Gasteiger partial charge in [0.25, 0.3) is 0 Å². The molecule has 170 valence electrons. The van der Waals surface area contributed by atoms with Crippen molar-refractivity contribution in [2.45, 2.75) is 86.1 Å². The molecule has 1 aliphatic heterocycles. The predicted octanol–water partition coefficient (Wildman–Crippen LogP) is 4.68. The number of aromatic nitrogens is 3. The van der Waals surface area contributed by atoms with E-state index in [1.54, 1.807) is 0 Å². The van der Waals surface area contributed by atoms with Crippen LogP contribution in [-0.2, 0) is 24.2 Å². The van der Waals surface area contributed by atoms with Gasteiger partial charge in [-0.15, -0.1) is 0 Å². The summed E-state index contributed by atoms with van der Waals surface area (Å²) in [5.74, 6) is 2.32. The summed E-state index contributed by atoms with van der Waals surface area (Å²) in [4.78, 5) is 15.1. The minimum atomic E-state index is -0.0693. The van der Waals surface area contributed by atoms with Crippen molar-refractivity contribution in [2.24, 2.45) is 17.3 Å². The van der Waals surface area contributed by atoms with Crippen LogP contribution in [0.4, 0.5) is 0 Å². The zero-order chi connectivity index (χ0) is 22.3. The molecule has 3 heterocycles. The summed E-state index contributed by atoms with van der Waals surface area (Å²) < 4.78 is 7.85. The van der Waals surface area contributed by atoms with Gasteiger partial charge in [0.1, 0.15) is 5.76 Å². The molecule has 2 aromatic heterocycles. The van der Waals surface area contributed by atoms with Crippen LogP contribution in [0.3, 0.4) is 0 Å². The largest absolute Gasteiger partial charge is 0.361 e. The van der Waals surface area contributed by atoms with Crippen molar-refractivity contribution >= 4 is 5.91 Å². The molecular weight excluding hydrogens is 388 g/mol. The molecule has 0 spiro atoms. The predicted molar refractivity (Wildman–Crippen MR) is 121 cm³/mol. The summed E-state index contributed by atoms with van der Waals surface area (Å²) >= 11 is 0. The summed E-state index contributed by atoms with van der Waals surface area (Å²) in [6.07, 6.45) is 5.22. The summed E-state index contributed by atoms with van der Waals surface area (Å²) in [6.45, 7) is 15.3. The van der Waals surface area contributed by atoms with E-state index in [9.17, 15) is 4.79 Å². The van der Waals surface area contributed by atoms with E-state index in [4.69, 9.17) is 4.52 Å². The van der Waals surface area contributed by atoms with E-state index in [1.165, 1.54) is 17.7 Å². The number of hydrogen-bond donors (Lipinski definition) is 0. The Bertz CT molecular complexity index is 928. The van der Waals surface area contributed by atoms with Crippen LogP contribution in [0.5, 0.6) is 0 Å². The Hall–Kier alpha value is -2.11. The molecule has 0 bridgehead atoms. The molecule has 6 nitrogen and oxygen atoms in total. The van der Waals surface area contributed by atoms with Crippen LogP contribution in [-0.4, -0.2) is 38.8 Å². The molecule has 1 aliphatic carbocycles. The number of rotatable bonds is 4. The third kappa shape index (κ3) is 4.58. The van der Waals surface area contributed by atoms with Gasteiger partial charge in [0.15, 0.2) is 0 Å². The van der Waals surface area contributed by atoms with Gasteiger partial charge in [-0.3, -0.25) is 9.48 Å². The van der Waals surface area contributed by atoms with Crippen LogP contribution in [0.1, 0.15) is 81.3 Å². The van der Waals surface area contributed by atoms with Crippen molar-refractivity contribution in [3.8, 4) is 0 Å². The van der Waals surface area contributed by atoms with Gasteiger partial charge in [0.2, 0.25) is 5.91 Å². The fourth-order valence-corrected chi connectivity index (χ4v) is 5.36. The van der Waals surface area contributed by atoms with Gasteiger partial charge in [-0.2, -0.15) is 5.10 Å². The van der Waals surface area contributed by atoms with Crippen molar-refractivity contribution in [2.75, 3.05) is 13.1 Å². The third-order valence-corrected chi connectivity index (χ3v) is 7.45. The molecule has 2 atom stereocenters. The average Bonchev–Trinajstić information content (AvgIpc) is 3.28. The Balaban J connectivity index is 1.37. The van der Waals surface area contributed by atoms with Gasteiger partial charge in [0, 0.05) is 30.3 Å². The Kier molecular flexibility index (Phi) is 6.01. The molecule has 0 unspecified atom stereocenters. The van der Waals surface area contributed by atoms with Crippen molar-refractivity contribution in [1.82, 2.24) is 19.8 Å². The van der Waals surface area contributed by atoms with Crippen LogP contribution >= 0.6 is 0 Å². The Morgan fingerprint density at radius 2 is 1.94 bits per heavy atom. The van der Waals surface area contributed by atoms with E-state index >= 15 is 0 Å². The number of aryl methyl sites for hydroxylation is 3. The van der Waals surface area contributed by atoms with Gasteiger partial charge >= 0.3 is 0 Å². The minimum Gasteiger partial charge on any atom is -0.361 e. The van der Waals surface area contributed by atoms with Crippen LogP contribution in [0.25, 0.3) is 0 Å². The highest BCUT2D eigenvalue weighted by Crippen LogP contribution is 2.41. The van der Waals surface area contributed by atoms with Crippen molar-refractivity contribution in [3.63, 3.8) is 0 Å². The molecule has 2 aromatic rings. The maximum absolute atomic E-state index is 13.0. The number of carbonyl (C=O) groups is 1. The molecule has 31 heavy (non-hydrogen) atoms. The van der Waals surface area contributed by atoms with Crippen LogP contribution < -0.4 is 0 Å². The fraction of sp³-hybridized carbons (Fsp3) is 0.720. The van der Waals surface area contributed by atoms with Gasteiger partial charge in [-0.25, -0.2) is 0 Å². The summed E-state index contributed by atoms with van der Waals surface area (Å²) in [5, 5.41) is 8.94. The first kappa shape index (κ1) is 22.1. The molecule has 4 rings (SSSR count). The number of nitrogens with zero attached hydrogens (tertiary/aromatic N) is 4. The van der Waals surface area contributed by atoms with Crippen molar-refractivity contribution in [1.29, 1.82) is 0 Å². The molecule has 1 saturated heterocycles. The van der Waals surface area contributed by atoms with Crippen LogP contribution in [0, 0.1) is 31.1 Å². The normalized spacial score (nSPS) is 21.2. The summed E-state index contributed by atoms with van der Waals surface area (Å²) in [5.41, 5.74) is 4.96. The number of piperidine rings is 1. The van der Waals surface area contributed by atoms with Crippen LogP contribution in [0.2, 0.25) is 0 Å². The minimum absolute atomic E-state index is 0.0693. The van der Waals surface area contributed by atoms with E-state index < -0.39 is 0 Å². The smallest absolute Gasteiger partial charge is 0.227 e. The summed E-state index contributed by atoms with van der Waals surface area (Å²) in [6, 6.07) is 2.06. The Morgan fingerprint density at radius 3 is 2.55 bits per heavy atom. The monoisotopic (exact) mass is 426 g/mol. The van der Waals surface area contributed by atoms with Crippen LogP contribution in [0.15, 0.2) is 10.6 Å². The van der Waals surface area contributed by atoms with E-state index in [1.807, 2.05) is 30.4 Å². The fourth-order valence-electron chi connectivity index (χ4n) is 5.36. The third-order valence-electron chi connectivity index (χ3n) is 7.45. The second kappa shape index (κ2) is 8.44. The first-order chi connectivity index (χ1) is 14.6. The molecule has 6 heteroatoms. The maximum Gasteiger partial charge on any atom is 0.227 e. The van der Waals surface area contributed by atoms with E-state index in [0.29, 0.717) is 23.8 Å². The molecule has 0 radical (unpaired) electrons. The SMILES string of the molecule is Cc1cc(C)n(C[C@H](C)C(=O)N2CCC(c3onc4c3C[C@H](C(C)(C)C)CC4)CC2)n1. The van der Waals surface area contributed by atoms with Crippen molar-refractivity contribution < 1.29 is 9.32 Å². The van der Waals surface area contributed by atoms with E-state index in [-0.39, 0.29) is 11.8 Å². The lowest BCUT2D eigenvalue weighted by atomic mass is 9.71. The van der Waals surface area contributed by atoms with Crippen molar-refractivity contribution in [3.05, 3.63) is 34.5 Å². The topological polar surface area (TPSA) is 64.2 Å². The Morgan fingerprint density at radius 1 is 1.23 bits per heavy atom. The zero-order valence-corrected chi connectivity index (χ0v) is 20.1. The van der Waals surface area contributed by atoms with Gasteiger partial charge in [-0.05, 0) is 63.4 Å². The second-order valence-electron chi connectivity index (χ2n) is 10.9. The maximum atomic E-state index is 13.0. The van der Waals surface area contributed by atoms with Gasteiger partial charge in [-0.1, -0.05) is 32.9 Å². The molecular formula is C25H38N4O2. The highest BCUT2D eigenvalue weighted by Gasteiger charge is 2.36. The molecule has 2 aliphatic rings. The first-order valence-electron chi connectivity index (χ1n) is 11.9. The number of amides is 1. The lowest BCUT2D eigenvalue weighted by molar-refractivity contribution is -0.136. The number of carbonyl (C=O) groups excluding carboxylic acids is 1. The second-order valence-corrected chi connectivity index (χ2v) is 10.9. The number of likely N-dealkylation sites (tertiary alicyclic amines) is 1. The lowest BCUT2D eigenvalue weighted by Gasteiger charge is -2.35. The molecule has 0 N–H and O–H groups in total. The van der Waals surface area contributed by atoms with Gasteiger partial charge in [0.05, 0.1) is 23.9 Å². The quantitative estimate of drug-likeness (QED) is 0.712. The Labute approximate surface area is 186 Å². The molecule has 1 fully saturated rings. The highest BCUT2D eigenvalue weighted by molar-refractivity contribution is 5.78. The number of hydrogen-bond acceptors (Lipinski definition) is 4. The van der Waals surface area contributed by atoms with E-state index in [2.05, 4.69) is 37.1 Å². The molecule has 0 aromatic carbocycles. The molecule has 1 amide bonds. The first-order valence-corrected chi connectivity index (χ1v) is 11.9. The standard InChI is InChI=1S/C25H38N4O2/c1-16(15-29-18(3)13-17(2)26-29)24(30)28-11-9-19(10-12-28)23-21-14-20(25(4,5)6)7-8-22(21)27-31-23/h13,16,19-20H,7-12,14-15H2,1-6H3/t16-,20+/m0/s1. The zero-order valence-electron chi connectivity index (χ0n) is 20.1. The summed E-state index contributed by atoms with van der Waals surface area (Å²) in [7, 11) is 0.